The molecule has 0 aliphatic heterocycles. The minimum atomic E-state index is -0.825. The van der Waals surface area contributed by atoms with E-state index in [2.05, 4.69) is 5.32 Å². The number of hydrogen-bond donors (Lipinski definition) is 2. The summed E-state index contributed by atoms with van der Waals surface area (Å²) in [6.45, 7) is 0. The van der Waals surface area contributed by atoms with Crippen LogP contribution in [0.25, 0.3) is 0 Å². The maximum Gasteiger partial charge on any atom is 0.160 e. The van der Waals surface area contributed by atoms with Crippen LogP contribution in [0.3, 0.4) is 0 Å². The van der Waals surface area contributed by atoms with Crippen LogP contribution in [0, 0.1) is 11.6 Å². The highest BCUT2D eigenvalue weighted by Gasteiger charge is 2.21. The summed E-state index contributed by atoms with van der Waals surface area (Å²) in [7, 11) is 0. The summed E-state index contributed by atoms with van der Waals surface area (Å²) in [4.78, 5) is 0. The maximum absolute atomic E-state index is 13.0. The first-order chi connectivity index (χ1) is 7.66. The summed E-state index contributed by atoms with van der Waals surface area (Å²) < 4.78 is 25.7. The monoisotopic (exact) mass is 226 g/mol. The van der Waals surface area contributed by atoms with E-state index in [1.807, 2.05) is 0 Å². The van der Waals surface area contributed by atoms with Crippen molar-refractivity contribution in [3.8, 4) is 0 Å². The number of benzene rings is 1. The van der Waals surface area contributed by atoms with Crippen LogP contribution in [0.1, 0.15) is 25.7 Å². The molecule has 16 heavy (non-hydrogen) atoms. The van der Waals surface area contributed by atoms with Crippen molar-refractivity contribution in [2.24, 2.45) is 5.73 Å². The Hall–Kier alpha value is -1.16. The van der Waals surface area contributed by atoms with Crippen molar-refractivity contribution in [3.05, 3.63) is 29.8 Å². The molecular weight excluding hydrogens is 210 g/mol. The molecular formula is C12H16F2N2. The predicted octanol–water partition coefficient (Wildman–Crippen LogP) is 2.65. The average Bonchev–Trinajstić information content (AvgIpc) is 2.27. The quantitative estimate of drug-likeness (QED) is 0.813. The van der Waals surface area contributed by atoms with Gasteiger partial charge in [0.2, 0.25) is 0 Å². The first-order valence-corrected chi connectivity index (χ1v) is 5.64. The molecule has 1 aliphatic rings. The normalized spacial score (nSPS) is 25.4. The molecule has 0 unspecified atom stereocenters. The molecule has 0 bridgehead atoms. The third-order valence-electron chi connectivity index (χ3n) is 3.09. The van der Waals surface area contributed by atoms with E-state index in [1.54, 1.807) is 6.07 Å². The average molecular weight is 226 g/mol. The van der Waals surface area contributed by atoms with Crippen molar-refractivity contribution in [2.45, 2.75) is 37.8 Å². The summed E-state index contributed by atoms with van der Waals surface area (Å²) in [6, 6.07) is 4.11. The van der Waals surface area contributed by atoms with Crippen LogP contribution in [0.2, 0.25) is 0 Å². The Morgan fingerprint density at radius 3 is 2.56 bits per heavy atom. The molecule has 2 nitrogen and oxygen atoms in total. The largest absolute Gasteiger partial charge is 0.381 e. The van der Waals surface area contributed by atoms with Crippen molar-refractivity contribution in [1.29, 1.82) is 0 Å². The lowest BCUT2D eigenvalue weighted by molar-refractivity contribution is 0.403. The molecule has 1 saturated carbocycles. The van der Waals surface area contributed by atoms with E-state index in [-0.39, 0.29) is 12.1 Å². The molecule has 2 atom stereocenters. The van der Waals surface area contributed by atoms with Gasteiger partial charge in [-0.05, 0) is 25.0 Å². The Kier molecular flexibility index (Phi) is 3.39. The van der Waals surface area contributed by atoms with Crippen LogP contribution in [0.15, 0.2) is 18.2 Å². The third-order valence-corrected chi connectivity index (χ3v) is 3.09. The second-order valence-electron chi connectivity index (χ2n) is 4.33. The van der Waals surface area contributed by atoms with E-state index in [4.69, 9.17) is 5.73 Å². The first kappa shape index (κ1) is 11.3. The van der Waals surface area contributed by atoms with Crippen LogP contribution >= 0.6 is 0 Å². The highest BCUT2D eigenvalue weighted by molar-refractivity contribution is 5.44. The summed E-state index contributed by atoms with van der Waals surface area (Å²) in [5.41, 5.74) is 6.56. The van der Waals surface area contributed by atoms with Gasteiger partial charge in [-0.2, -0.15) is 0 Å². The zero-order chi connectivity index (χ0) is 11.5. The number of nitrogens with two attached hydrogens (primary N) is 1. The topological polar surface area (TPSA) is 38.0 Å². The highest BCUT2D eigenvalue weighted by Crippen LogP contribution is 2.22. The molecule has 3 N–H and O–H groups in total. The van der Waals surface area contributed by atoms with E-state index < -0.39 is 11.6 Å². The van der Waals surface area contributed by atoms with Gasteiger partial charge in [0, 0.05) is 23.8 Å². The van der Waals surface area contributed by atoms with Gasteiger partial charge in [-0.15, -0.1) is 0 Å². The molecule has 1 aromatic rings. The molecule has 4 heteroatoms. The molecule has 0 amide bonds. The smallest absolute Gasteiger partial charge is 0.160 e. The summed E-state index contributed by atoms with van der Waals surface area (Å²) in [6.07, 6.45) is 4.26. The SMILES string of the molecule is N[C@H]1CCCC[C@@H]1Nc1ccc(F)c(F)c1. The van der Waals surface area contributed by atoms with E-state index in [0.717, 1.165) is 31.7 Å². The molecule has 88 valence electrons. The van der Waals surface area contributed by atoms with Gasteiger partial charge in [0.15, 0.2) is 11.6 Å². The van der Waals surface area contributed by atoms with Crippen molar-refractivity contribution < 1.29 is 8.78 Å². The van der Waals surface area contributed by atoms with Gasteiger partial charge in [-0.25, -0.2) is 8.78 Å². The summed E-state index contributed by atoms with van der Waals surface area (Å²) in [5, 5.41) is 3.17. The van der Waals surface area contributed by atoms with Crippen molar-refractivity contribution >= 4 is 5.69 Å². The molecule has 2 rings (SSSR count). The van der Waals surface area contributed by atoms with E-state index in [0.29, 0.717) is 5.69 Å². The number of hydrogen-bond acceptors (Lipinski definition) is 2. The Labute approximate surface area is 93.8 Å². The van der Waals surface area contributed by atoms with Crippen molar-refractivity contribution in [3.63, 3.8) is 0 Å². The number of halogens is 2. The van der Waals surface area contributed by atoms with Crippen molar-refractivity contribution in [2.75, 3.05) is 5.32 Å². The summed E-state index contributed by atoms with van der Waals surface area (Å²) >= 11 is 0. The van der Waals surface area contributed by atoms with Crippen LogP contribution < -0.4 is 11.1 Å². The van der Waals surface area contributed by atoms with Gasteiger partial charge in [0.05, 0.1) is 0 Å². The Morgan fingerprint density at radius 2 is 1.88 bits per heavy atom. The molecule has 1 aromatic carbocycles. The predicted molar refractivity (Wildman–Crippen MR) is 60.2 cm³/mol. The molecule has 0 aromatic heterocycles. The first-order valence-electron chi connectivity index (χ1n) is 5.64. The third kappa shape index (κ3) is 2.50. The van der Waals surface area contributed by atoms with Crippen LogP contribution in [0.5, 0.6) is 0 Å². The molecule has 0 radical (unpaired) electrons. The number of anilines is 1. The zero-order valence-corrected chi connectivity index (χ0v) is 9.05. The fraction of sp³-hybridized carbons (Fsp3) is 0.500. The Bertz CT molecular complexity index is 368. The second-order valence-corrected chi connectivity index (χ2v) is 4.33. The lowest BCUT2D eigenvalue weighted by atomic mass is 9.91. The van der Waals surface area contributed by atoms with Crippen LogP contribution in [0.4, 0.5) is 14.5 Å². The fourth-order valence-electron chi connectivity index (χ4n) is 2.14. The molecule has 0 spiro atoms. The van der Waals surface area contributed by atoms with E-state index in [9.17, 15) is 8.78 Å². The molecule has 0 saturated heterocycles. The van der Waals surface area contributed by atoms with Gasteiger partial charge < -0.3 is 11.1 Å². The van der Waals surface area contributed by atoms with Crippen LogP contribution in [-0.4, -0.2) is 12.1 Å². The maximum atomic E-state index is 13.0. The van der Waals surface area contributed by atoms with Crippen molar-refractivity contribution in [1.82, 2.24) is 0 Å². The van der Waals surface area contributed by atoms with Gasteiger partial charge in [-0.1, -0.05) is 12.8 Å². The van der Waals surface area contributed by atoms with Crippen LogP contribution in [-0.2, 0) is 0 Å². The van der Waals surface area contributed by atoms with Gasteiger partial charge in [-0.3, -0.25) is 0 Å². The minimum absolute atomic E-state index is 0.0989. The van der Waals surface area contributed by atoms with E-state index in [1.165, 1.54) is 6.07 Å². The highest BCUT2D eigenvalue weighted by atomic mass is 19.2. The second kappa shape index (κ2) is 4.78. The molecule has 0 heterocycles. The summed E-state index contributed by atoms with van der Waals surface area (Å²) in [5.74, 6) is -1.65. The lowest BCUT2D eigenvalue weighted by Crippen LogP contribution is -2.42. The molecule has 1 fully saturated rings. The number of rotatable bonds is 2. The van der Waals surface area contributed by atoms with Gasteiger partial charge >= 0.3 is 0 Å². The standard InChI is InChI=1S/C12H16F2N2/c13-9-6-5-8(7-10(9)14)16-12-4-2-1-3-11(12)15/h5-7,11-12,16H,1-4,15H2/t11-,12-/m0/s1. The fourth-order valence-corrected chi connectivity index (χ4v) is 2.14. The van der Waals surface area contributed by atoms with Gasteiger partial charge in [0.25, 0.3) is 0 Å². The molecule has 1 aliphatic carbocycles. The van der Waals surface area contributed by atoms with E-state index >= 15 is 0 Å². The van der Waals surface area contributed by atoms with Gasteiger partial charge in [0.1, 0.15) is 0 Å². The Morgan fingerprint density at radius 1 is 1.12 bits per heavy atom. The zero-order valence-electron chi connectivity index (χ0n) is 9.05. The minimum Gasteiger partial charge on any atom is -0.381 e. The number of nitrogens with one attached hydrogen (secondary N) is 1. The Balaban J connectivity index is 2.05. The lowest BCUT2D eigenvalue weighted by Gasteiger charge is -2.30.